The van der Waals surface area contributed by atoms with Gasteiger partial charge in [0, 0.05) is 17.8 Å². The molecule has 0 fully saturated rings. The van der Waals surface area contributed by atoms with E-state index in [0.717, 1.165) is 5.56 Å². The van der Waals surface area contributed by atoms with Gasteiger partial charge in [-0.15, -0.1) is 0 Å². The average molecular weight is 399 g/mol. The predicted molar refractivity (Wildman–Crippen MR) is 113 cm³/mol. The zero-order valence-electron chi connectivity index (χ0n) is 15.8. The Morgan fingerprint density at radius 2 is 1.83 bits per heavy atom. The van der Waals surface area contributed by atoms with Crippen molar-refractivity contribution in [1.82, 2.24) is 0 Å². The van der Waals surface area contributed by atoms with Gasteiger partial charge in [0.1, 0.15) is 24.0 Å². The van der Waals surface area contributed by atoms with Crippen LogP contribution < -0.4 is 10.1 Å². The molecule has 0 aliphatic heterocycles. The summed E-state index contributed by atoms with van der Waals surface area (Å²) < 4.78 is 5.76. The summed E-state index contributed by atoms with van der Waals surface area (Å²) in [6.07, 6.45) is 1.43. The fourth-order valence-electron chi connectivity index (χ4n) is 2.65. The van der Waals surface area contributed by atoms with Crippen LogP contribution in [0.3, 0.4) is 0 Å². The summed E-state index contributed by atoms with van der Waals surface area (Å²) in [5, 5.41) is 22.7. The molecule has 3 rings (SSSR count). The zero-order valence-corrected chi connectivity index (χ0v) is 15.8. The summed E-state index contributed by atoms with van der Waals surface area (Å²) in [6.45, 7) is 0.395. The molecule has 3 aromatic carbocycles. The first-order valence-electron chi connectivity index (χ1n) is 8.99. The van der Waals surface area contributed by atoms with Gasteiger partial charge in [-0.3, -0.25) is 14.9 Å². The number of carbonyl (C=O) groups excluding carboxylic acids is 1. The van der Waals surface area contributed by atoms with E-state index in [9.17, 15) is 20.2 Å². The van der Waals surface area contributed by atoms with Gasteiger partial charge in [0.2, 0.25) is 0 Å². The van der Waals surface area contributed by atoms with E-state index in [1.807, 2.05) is 36.4 Å². The van der Waals surface area contributed by atoms with Gasteiger partial charge in [-0.05, 0) is 35.4 Å². The van der Waals surface area contributed by atoms with Crippen molar-refractivity contribution in [3.05, 3.63) is 106 Å². The number of nitrogens with zero attached hydrogens (tertiary/aromatic N) is 2. The third-order valence-corrected chi connectivity index (χ3v) is 4.10. The largest absolute Gasteiger partial charge is 0.489 e. The van der Waals surface area contributed by atoms with E-state index in [0.29, 0.717) is 17.9 Å². The van der Waals surface area contributed by atoms with Crippen molar-refractivity contribution in [1.29, 1.82) is 5.26 Å². The molecule has 0 aliphatic carbocycles. The summed E-state index contributed by atoms with van der Waals surface area (Å²) in [5.41, 5.74) is 1.58. The molecule has 0 spiro atoms. The van der Waals surface area contributed by atoms with E-state index in [1.54, 1.807) is 24.3 Å². The number of nitro groups is 1. The second-order valence-corrected chi connectivity index (χ2v) is 6.28. The molecule has 30 heavy (non-hydrogen) atoms. The van der Waals surface area contributed by atoms with Crippen LogP contribution in [0.5, 0.6) is 5.75 Å². The van der Waals surface area contributed by atoms with Gasteiger partial charge in [0.05, 0.1) is 4.92 Å². The molecule has 1 N–H and O–H groups in total. The highest BCUT2D eigenvalue weighted by atomic mass is 16.6. The summed E-state index contributed by atoms with van der Waals surface area (Å²) in [5.74, 6) is -0.0578. The number of benzene rings is 3. The Morgan fingerprint density at radius 1 is 1.07 bits per heavy atom. The van der Waals surface area contributed by atoms with Crippen LogP contribution in [-0.4, -0.2) is 10.8 Å². The highest BCUT2D eigenvalue weighted by Crippen LogP contribution is 2.20. The second kappa shape index (κ2) is 9.66. The van der Waals surface area contributed by atoms with Crippen LogP contribution in [0.2, 0.25) is 0 Å². The monoisotopic (exact) mass is 399 g/mol. The number of hydrogen-bond donors (Lipinski definition) is 1. The molecule has 0 atom stereocenters. The maximum Gasteiger partial charge on any atom is 0.271 e. The molecule has 0 aromatic heterocycles. The van der Waals surface area contributed by atoms with Crippen molar-refractivity contribution < 1.29 is 14.5 Å². The number of non-ortho nitro benzene ring substituents is 1. The van der Waals surface area contributed by atoms with Crippen LogP contribution >= 0.6 is 0 Å². The minimum atomic E-state index is -0.659. The van der Waals surface area contributed by atoms with E-state index >= 15 is 0 Å². The fraction of sp³-hybridized carbons (Fsp3) is 0.0435. The van der Waals surface area contributed by atoms with Gasteiger partial charge in [-0.25, -0.2) is 0 Å². The van der Waals surface area contributed by atoms with E-state index in [2.05, 4.69) is 5.32 Å². The van der Waals surface area contributed by atoms with Gasteiger partial charge < -0.3 is 10.1 Å². The first-order chi connectivity index (χ1) is 14.5. The Kier molecular flexibility index (Phi) is 6.54. The minimum absolute atomic E-state index is 0.137. The Bertz CT molecular complexity index is 1130. The smallest absolute Gasteiger partial charge is 0.271 e. The lowest BCUT2D eigenvalue weighted by Crippen LogP contribution is -2.13. The topological polar surface area (TPSA) is 105 Å². The number of anilines is 1. The van der Waals surface area contributed by atoms with Crippen molar-refractivity contribution in [2.45, 2.75) is 6.61 Å². The minimum Gasteiger partial charge on any atom is -0.489 e. The van der Waals surface area contributed by atoms with Crippen LogP contribution in [-0.2, 0) is 11.4 Å². The van der Waals surface area contributed by atoms with Gasteiger partial charge in [-0.2, -0.15) is 5.26 Å². The zero-order chi connectivity index (χ0) is 21.3. The first-order valence-corrected chi connectivity index (χ1v) is 8.99. The Morgan fingerprint density at radius 3 is 2.57 bits per heavy atom. The van der Waals surface area contributed by atoms with E-state index in [-0.39, 0.29) is 16.9 Å². The van der Waals surface area contributed by atoms with Crippen molar-refractivity contribution in [2.24, 2.45) is 0 Å². The Hall–Kier alpha value is -4.44. The maximum absolute atomic E-state index is 12.4. The Labute approximate surface area is 173 Å². The molecule has 0 saturated carbocycles. The number of rotatable bonds is 7. The molecule has 3 aromatic rings. The van der Waals surface area contributed by atoms with Crippen molar-refractivity contribution in [2.75, 3.05) is 5.32 Å². The van der Waals surface area contributed by atoms with Crippen LogP contribution in [0.1, 0.15) is 11.1 Å². The lowest BCUT2D eigenvalue weighted by molar-refractivity contribution is -0.384. The number of hydrogen-bond acceptors (Lipinski definition) is 5. The summed E-state index contributed by atoms with van der Waals surface area (Å²) >= 11 is 0. The quantitative estimate of drug-likeness (QED) is 0.268. The molecular formula is C23H17N3O4. The number of ether oxygens (including phenoxy) is 1. The number of nitrogens with one attached hydrogen (secondary N) is 1. The third-order valence-electron chi connectivity index (χ3n) is 4.10. The molecule has 0 bridgehead atoms. The van der Waals surface area contributed by atoms with Crippen molar-refractivity contribution >= 4 is 23.4 Å². The number of amides is 1. The Balaban J connectivity index is 1.72. The molecule has 0 unspecified atom stereocenters. The fourth-order valence-corrected chi connectivity index (χ4v) is 2.65. The van der Waals surface area contributed by atoms with E-state index in [1.165, 1.54) is 30.3 Å². The molecule has 0 heterocycles. The highest BCUT2D eigenvalue weighted by Gasteiger charge is 2.12. The van der Waals surface area contributed by atoms with E-state index < -0.39 is 10.8 Å². The van der Waals surface area contributed by atoms with E-state index in [4.69, 9.17) is 4.74 Å². The summed E-state index contributed by atoms with van der Waals surface area (Å²) in [7, 11) is 0. The number of nitro benzene ring substituents is 1. The number of carbonyl (C=O) groups is 1. The molecular weight excluding hydrogens is 382 g/mol. The number of nitriles is 1. The highest BCUT2D eigenvalue weighted by molar-refractivity contribution is 6.09. The molecule has 148 valence electrons. The van der Waals surface area contributed by atoms with Crippen LogP contribution in [0.15, 0.2) is 84.4 Å². The molecule has 0 saturated heterocycles. The summed E-state index contributed by atoms with van der Waals surface area (Å²) in [6, 6.07) is 24.1. The van der Waals surface area contributed by atoms with Gasteiger partial charge >= 0.3 is 0 Å². The van der Waals surface area contributed by atoms with Crippen LogP contribution in [0, 0.1) is 21.4 Å². The maximum atomic E-state index is 12.4. The normalized spacial score (nSPS) is 10.7. The van der Waals surface area contributed by atoms with Crippen molar-refractivity contribution in [3.63, 3.8) is 0 Å². The average Bonchev–Trinajstić information content (AvgIpc) is 2.77. The van der Waals surface area contributed by atoms with Crippen molar-refractivity contribution in [3.8, 4) is 11.8 Å². The van der Waals surface area contributed by atoms with Gasteiger partial charge in [-0.1, -0.05) is 48.5 Å². The SMILES string of the molecule is N#C/C(=C\c1cccc(OCc2ccccc2)c1)C(=O)Nc1cccc([N+](=O)[O-])c1. The first kappa shape index (κ1) is 20.3. The molecule has 7 heteroatoms. The molecule has 1 amide bonds. The lowest BCUT2D eigenvalue weighted by atomic mass is 10.1. The molecule has 0 aliphatic rings. The molecule has 7 nitrogen and oxygen atoms in total. The lowest BCUT2D eigenvalue weighted by Gasteiger charge is -2.07. The standard InChI is InChI=1S/C23H17N3O4/c24-15-19(23(27)25-20-9-5-10-21(14-20)26(28)29)12-18-8-4-11-22(13-18)30-16-17-6-2-1-3-7-17/h1-14H,16H2,(H,25,27)/b19-12+. The van der Waals surface area contributed by atoms with Crippen LogP contribution in [0.4, 0.5) is 11.4 Å². The van der Waals surface area contributed by atoms with Gasteiger partial charge in [0.15, 0.2) is 0 Å². The predicted octanol–water partition coefficient (Wildman–Crippen LogP) is 4.72. The van der Waals surface area contributed by atoms with Gasteiger partial charge in [0.25, 0.3) is 11.6 Å². The third kappa shape index (κ3) is 5.53. The summed E-state index contributed by atoms with van der Waals surface area (Å²) in [4.78, 5) is 22.7. The second-order valence-electron chi connectivity index (χ2n) is 6.28. The van der Waals surface area contributed by atoms with Crippen LogP contribution in [0.25, 0.3) is 6.08 Å². The molecule has 0 radical (unpaired) electrons.